The molecule has 0 saturated carbocycles. The standard InChI is InChI=1S/C11H11F2N3O2/c1-17-10-7(2-6(4-12)3-8(10)13)11-15-9(5-14)18-16-11/h2-3H,4-5,14H2,1H3. The lowest BCUT2D eigenvalue weighted by Crippen LogP contribution is -1.97. The molecular weight excluding hydrogens is 244 g/mol. The van der Waals surface area contributed by atoms with Gasteiger partial charge < -0.3 is 15.0 Å². The van der Waals surface area contributed by atoms with Crippen molar-refractivity contribution in [1.82, 2.24) is 10.1 Å². The lowest BCUT2D eigenvalue weighted by Gasteiger charge is -2.07. The predicted molar refractivity (Wildman–Crippen MR) is 58.9 cm³/mol. The van der Waals surface area contributed by atoms with Crippen LogP contribution in [0.3, 0.4) is 0 Å². The van der Waals surface area contributed by atoms with E-state index in [0.717, 1.165) is 6.07 Å². The minimum atomic E-state index is -0.796. The Balaban J connectivity index is 2.56. The minimum Gasteiger partial charge on any atom is -0.493 e. The molecule has 0 unspecified atom stereocenters. The average Bonchev–Trinajstić information content (AvgIpc) is 2.86. The summed E-state index contributed by atoms with van der Waals surface area (Å²) in [4.78, 5) is 3.95. The van der Waals surface area contributed by atoms with Crippen molar-refractivity contribution in [3.63, 3.8) is 0 Å². The summed E-state index contributed by atoms with van der Waals surface area (Å²) in [6.07, 6.45) is 0. The molecule has 0 aliphatic rings. The zero-order valence-corrected chi connectivity index (χ0v) is 9.61. The normalized spacial score (nSPS) is 10.7. The first-order valence-corrected chi connectivity index (χ1v) is 5.15. The molecule has 0 aliphatic carbocycles. The minimum absolute atomic E-state index is 0.0587. The molecule has 0 amide bonds. The van der Waals surface area contributed by atoms with Crippen LogP contribution in [-0.2, 0) is 13.2 Å². The molecule has 1 heterocycles. The van der Waals surface area contributed by atoms with Gasteiger partial charge in [0.15, 0.2) is 11.6 Å². The van der Waals surface area contributed by atoms with Crippen molar-refractivity contribution in [3.8, 4) is 17.1 Å². The molecule has 2 N–H and O–H groups in total. The molecule has 1 aromatic carbocycles. The summed E-state index contributed by atoms with van der Waals surface area (Å²) in [6.45, 7) is -0.726. The first-order chi connectivity index (χ1) is 8.69. The number of hydrogen-bond acceptors (Lipinski definition) is 5. The number of hydrogen-bond donors (Lipinski definition) is 1. The van der Waals surface area contributed by atoms with Gasteiger partial charge in [-0.05, 0) is 17.7 Å². The van der Waals surface area contributed by atoms with Crippen LogP contribution < -0.4 is 10.5 Å². The van der Waals surface area contributed by atoms with Gasteiger partial charge in [-0.3, -0.25) is 0 Å². The van der Waals surface area contributed by atoms with Crippen LogP contribution in [0.4, 0.5) is 8.78 Å². The summed E-state index contributed by atoms with van der Waals surface area (Å²) in [6, 6.07) is 2.47. The van der Waals surface area contributed by atoms with E-state index in [4.69, 9.17) is 15.0 Å². The molecule has 18 heavy (non-hydrogen) atoms. The second-order valence-corrected chi connectivity index (χ2v) is 3.51. The molecule has 0 saturated heterocycles. The van der Waals surface area contributed by atoms with E-state index in [1.54, 1.807) is 0 Å². The highest BCUT2D eigenvalue weighted by Crippen LogP contribution is 2.32. The number of alkyl halides is 1. The largest absolute Gasteiger partial charge is 0.493 e. The van der Waals surface area contributed by atoms with Crippen LogP contribution in [0.2, 0.25) is 0 Å². The maximum Gasteiger partial charge on any atom is 0.240 e. The summed E-state index contributed by atoms with van der Waals surface area (Å²) >= 11 is 0. The van der Waals surface area contributed by atoms with Crippen molar-refractivity contribution in [2.24, 2.45) is 5.73 Å². The molecule has 0 spiro atoms. The van der Waals surface area contributed by atoms with E-state index in [-0.39, 0.29) is 35.1 Å². The number of halogens is 2. The molecule has 1 aromatic heterocycles. The molecule has 0 radical (unpaired) electrons. The Morgan fingerprint density at radius 2 is 2.22 bits per heavy atom. The molecule has 0 fully saturated rings. The van der Waals surface area contributed by atoms with Gasteiger partial charge in [-0.1, -0.05) is 5.16 Å². The topological polar surface area (TPSA) is 74.2 Å². The Morgan fingerprint density at radius 1 is 1.44 bits per heavy atom. The Kier molecular flexibility index (Phi) is 3.52. The Bertz CT molecular complexity index is 557. The Labute approximate surface area is 102 Å². The smallest absolute Gasteiger partial charge is 0.240 e. The summed E-state index contributed by atoms with van der Waals surface area (Å²) in [5.74, 6) is -0.419. The predicted octanol–water partition coefficient (Wildman–Crippen LogP) is 1.81. The highest BCUT2D eigenvalue weighted by molar-refractivity contribution is 5.65. The van der Waals surface area contributed by atoms with Gasteiger partial charge in [0.05, 0.1) is 19.2 Å². The van der Waals surface area contributed by atoms with Crippen LogP contribution >= 0.6 is 0 Å². The quantitative estimate of drug-likeness (QED) is 0.901. The fraction of sp³-hybridized carbons (Fsp3) is 0.273. The molecule has 7 heteroatoms. The number of nitrogens with two attached hydrogens (primary N) is 1. The van der Waals surface area contributed by atoms with Gasteiger partial charge in [-0.15, -0.1) is 0 Å². The van der Waals surface area contributed by atoms with Crippen LogP contribution in [0.1, 0.15) is 11.5 Å². The summed E-state index contributed by atoms with van der Waals surface area (Å²) in [5.41, 5.74) is 5.74. The van der Waals surface area contributed by atoms with E-state index >= 15 is 0 Å². The first-order valence-electron chi connectivity index (χ1n) is 5.15. The van der Waals surface area contributed by atoms with E-state index in [0.29, 0.717) is 0 Å². The third-order valence-corrected chi connectivity index (χ3v) is 2.35. The molecule has 0 atom stereocenters. The lowest BCUT2D eigenvalue weighted by molar-refractivity contribution is 0.377. The highest BCUT2D eigenvalue weighted by Gasteiger charge is 2.18. The summed E-state index contributed by atoms with van der Waals surface area (Å²) in [7, 11) is 1.31. The molecule has 0 bridgehead atoms. The SMILES string of the molecule is COc1c(F)cc(CF)cc1-c1noc(CN)n1. The average molecular weight is 255 g/mol. The first kappa shape index (κ1) is 12.4. The fourth-order valence-corrected chi connectivity index (χ4v) is 1.55. The Hall–Kier alpha value is -2.02. The zero-order valence-electron chi connectivity index (χ0n) is 9.61. The third-order valence-electron chi connectivity index (χ3n) is 2.35. The van der Waals surface area contributed by atoms with Gasteiger partial charge in [-0.25, -0.2) is 8.78 Å². The fourth-order valence-electron chi connectivity index (χ4n) is 1.55. The number of benzene rings is 1. The van der Waals surface area contributed by atoms with E-state index in [1.165, 1.54) is 13.2 Å². The monoisotopic (exact) mass is 255 g/mol. The molecule has 0 aliphatic heterocycles. The van der Waals surface area contributed by atoms with Gasteiger partial charge in [0.25, 0.3) is 0 Å². The number of nitrogens with zero attached hydrogens (tertiary/aromatic N) is 2. The summed E-state index contributed by atoms with van der Waals surface area (Å²) < 4.78 is 36.0. The summed E-state index contributed by atoms with van der Waals surface area (Å²) in [5, 5.41) is 3.65. The van der Waals surface area contributed by atoms with Gasteiger partial charge in [-0.2, -0.15) is 4.98 Å². The molecule has 5 nitrogen and oxygen atoms in total. The van der Waals surface area contributed by atoms with Crippen LogP contribution in [-0.4, -0.2) is 17.3 Å². The van der Waals surface area contributed by atoms with Crippen molar-refractivity contribution in [1.29, 1.82) is 0 Å². The van der Waals surface area contributed by atoms with Crippen molar-refractivity contribution in [2.75, 3.05) is 7.11 Å². The van der Waals surface area contributed by atoms with E-state index in [9.17, 15) is 8.78 Å². The van der Waals surface area contributed by atoms with Gasteiger partial charge >= 0.3 is 0 Å². The molecule has 2 aromatic rings. The van der Waals surface area contributed by atoms with Gasteiger partial charge in [0.2, 0.25) is 11.7 Å². The Morgan fingerprint density at radius 3 is 2.78 bits per heavy atom. The van der Waals surface area contributed by atoms with Crippen LogP contribution in [0, 0.1) is 5.82 Å². The van der Waals surface area contributed by atoms with E-state index in [2.05, 4.69) is 10.1 Å². The van der Waals surface area contributed by atoms with E-state index in [1.807, 2.05) is 0 Å². The number of aromatic nitrogens is 2. The van der Waals surface area contributed by atoms with Crippen molar-refractivity contribution >= 4 is 0 Å². The highest BCUT2D eigenvalue weighted by atomic mass is 19.1. The zero-order chi connectivity index (χ0) is 13.1. The number of methoxy groups -OCH3 is 1. The van der Waals surface area contributed by atoms with E-state index < -0.39 is 12.5 Å². The molecule has 96 valence electrons. The molecule has 2 rings (SSSR count). The second kappa shape index (κ2) is 5.09. The van der Waals surface area contributed by atoms with Crippen molar-refractivity contribution in [2.45, 2.75) is 13.2 Å². The van der Waals surface area contributed by atoms with Gasteiger partial charge in [0.1, 0.15) is 6.67 Å². The van der Waals surface area contributed by atoms with Crippen molar-refractivity contribution in [3.05, 3.63) is 29.4 Å². The van der Waals surface area contributed by atoms with Crippen LogP contribution in [0.25, 0.3) is 11.4 Å². The molecular formula is C11H11F2N3O2. The number of ether oxygens (including phenoxy) is 1. The van der Waals surface area contributed by atoms with Crippen LogP contribution in [0.5, 0.6) is 5.75 Å². The maximum absolute atomic E-state index is 13.7. The maximum atomic E-state index is 13.7. The van der Waals surface area contributed by atoms with Gasteiger partial charge in [0, 0.05) is 0 Å². The lowest BCUT2D eigenvalue weighted by atomic mass is 10.1. The third kappa shape index (κ3) is 2.17. The number of rotatable bonds is 4. The van der Waals surface area contributed by atoms with Crippen LogP contribution in [0.15, 0.2) is 16.7 Å². The second-order valence-electron chi connectivity index (χ2n) is 3.51. The van der Waals surface area contributed by atoms with Crippen molar-refractivity contribution < 1.29 is 18.0 Å².